The molecule has 1 atom stereocenters. The van der Waals surface area contributed by atoms with E-state index in [-0.39, 0.29) is 25.5 Å². The van der Waals surface area contributed by atoms with Crippen LogP contribution in [0.15, 0.2) is 18.2 Å². The lowest BCUT2D eigenvalue weighted by atomic mass is 10.2. The highest BCUT2D eigenvalue weighted by atomic mass is 35.5. The molecule has 2 N–H and O–H groups in total. The lowest BCUT2D eigenvalue weighted by Crippen LogP contribution is -2.52. The summed E-state index contributed by atoms with van der Waals surface area (Å²) in [5, 5.41) is 12.8. The number of nitrogens with one attached hydrogen (secondary N) is 1. The number of carboxylic acid groups (broad SMARTS) is 1. The lowest BCUT2D eigenvalue weighted by Gasteiger charge is -2.33. The third-order valence-electron chi connectivity index (χ3n) is 3.55. The number of nitrogens with zero attached hydrogens (tertiary/aromatic N) is 1. The second-order valence-electron chi connectivity index (χ2n) is 5.04. The molecule has 0 radical (unpaired) electrons. The van der Waals surface area contributed by atoms with Gasteiger partial charge < -0.3 is 24.8 Å². The van der Waals surface area contributed by atoms with Crippen molar-refractivity contribution in [3.05, 3.63) is 23.2 Å². The first-order chi connectivity index (χ1) is 11.0. The van der Waals surface area contributed by atoms with E-state index in [1.54, 1.807) is 25.3 Å². The molecule has 2 rings (SSSR count). The molecule has 0 bridgehead atoms. The summed E-state index contributed by atoms with van der Waals surface area (Å²) < 4.78 is 10.3. The van der Waals surface area contributed by atoms with Crippen LogP contribution < -0.4 is 10.1 Å². The van der Waals surface area contributed by atoms with Crippen molar-refractivity contribution in [2.75, 3.05) is 38.7 Å². The van der Waals surface area contributed by atoms with Gasteiger partial charge in [0.15, 0.2) is 6.04 Å². The van der Waals surface area contributed by atoms with Crippen LogP contribution in [0, 0.1) is 0 Å². The molecule has 8 heteroatoms. The van der Waals surface area contributed by atoms with E-state index in [1.807, 2.05) is 0 Å². The van der Waals surface area contributed by atoms with E-state index in [1.165, 1.54) is 4.90 Å². The molecule has 1 aliphatic rings. The highest BCUT2D eigenvalue weighted by molar-refractivity contribution is 6.30. The second kappa shape index (κ2) is 8.03. The van der Waals surface area contributed by atoms with Crippen LogP contribution in [0.25, 0.3) is 0 Å². The summed E-state index contributed by atoms with van der Waals surface area (Å²) in [4.78, 5) is 24.7. The first-order valence-corrected chi connectivity index (χ1v) is 7.58. The molecule has 126 valence electrons. The molecule has 1 unspecified atom stereocenters. The van der Waals surface area contributed by atoms with E-state index in [9.17, 15) is 9.59 Å². The Labute approximate surface area is 139 Å². The molecule has 23 heavy (non-hydrogen) atoms. The third-order valence-corrected chi connectivity index (χ3v) is 3.78. The Morgan fingerprint density at radius 2 is 2.30 bits per heavy atom. The SMILES string of the molecule is COc1ccc(Cl)cc1NCCC(=O)N1CCOCC1C(=O)O. The molecule has 0 aliphatic carbocycles. The van der Waals surface area contributed by atoms with Gasteiger partial charge in [0.2, 0.25) is 5.91 Å². The minimum atomic E-state index is -1.05. The van der Waals surface area contributed by atoms with E-state index < -0.39 is 12.0 Å². The van der Waals surface area contributed by atoms with Gasteiger partial charge in [-0.3, -0.25) is 4.79 Å². The Kier molecular flexibility index (Phi) is 6.06. The summed E-state index contributed by atoms with van der Waals surface area (Å²) in [5.74, 6) is -0.659. The summed E-state index contributed by atoms with van der Waals surface area (Å²) >= 11 is 5.94. The number of morpholine rings is 1. The second-order valence-corrected chi connectivity index (χ2v) is 5.47. The number of halogens is 1. The highest BCUT2D eigenvalue weighted by Gasteiger charge is 2.32. The van der Waals surface area contributed by atoms with E-state index >= 15 is 0 Å². The van der Waals surface area contributed by atoms with Crippen LogP contribution in [0.5, 0.6) is 5.75 Å². The maximum absolute atomic E-state index is 12.2. The Balaban J connectivity index is 1.91. The molecule has 1 heterocycles. The zero-order valence-corrected chi connectivity index (χ0v) is 13.5. The summed E-state index contributed by atoms with van der Waals surface area (Å²) in [6.07, 6.45) is 0.166. The quantitative estimate of drug-likeness (QED) is 0.813. The average molecular weight is 343 g/mol. The minimum absolute atomic E-state index is 0.0244. The molecule has 1 saturated heterocycles. The van der Waals surface area contributed by atoms with E-state index in [0.717, 1.165) is 0 Å². The van der Waals surface area contributed by atoms with E-state index in [4.69, 9.17) is 26.2 Å². The van der Waals surface area contributed by atoms with Gasteiger partial charge in [0.1, 0.15) is 5.75 Å². The number of carboxylic acids is 1. The van der Waals surface area contributed by atoms with Crippen molar-refractivity contribution >= 4 is 29.2 Å². The zero-order valence-electron chi connectivity index (χ0n) is 12.8. The van der Waals surface area contributed by atoms with Crippen LogP contribution in [0.1, 0.15) is 6.42 Å². The van der Waals surface area contributed by atoms with Crippen molar-refractivity contribution in [1.82, 2.24) is 4.90 Å². The van der Waals surface area contributed by atoms with Crippen molar-refractivity contribution in [1.29, 1.82) is 0 Å². The van der Waals surface area contributed by atoms with Crippen LogP contribution >= 0.6 is 11.6 Å². The fraction of sp³-hybridized carbons (Fsp3) is 0.467. The Morgan fingerprint density at radius 1 is 1.52 bits per heavy atom. The van der Waals surface area contributed by atoms with Gasteiger partial charge in [-0.2, -0.15) is 0 Å². The Morgan fingerprint density at radius 3 is 3.00 bits per heavy atom. The number of benzene rings is 1. The molecular weight excluding hydrogens is 324 g/mol. The molecule has 1 aromatic rings. The number of rotatable bonds is 6. The summed E-state index contributed by atoms with van der Waals surface area (Å²) in [7, 11) is 1.55. The van der Waals surface area contributed by atoms with Gasteiger partial charge in [-0.15, -0.1) is 0 Å². The van der Waals surface area contributed by atoms with Crippen LogP contribution in [-0.4, -0.2) is 61.3 Å². The van der Waals surface area contributed by atoms with Crippen LogP contribution in [0.3, 0.4) is 0 Å². The number of ether oxygens (including phenoxy) is 2. The average Bonchev–Trinajstić information content (AvgIpc) is 2.55. The number of carbonyl (C=O) groups excluding carboxylic acids is 1. The number of carbonyl (C=O) groups is 2. The number of methoxy groups -OCH3 is 1. The summed E-state index contributed by atoms with van der Waals surface area (Å²) in [6, 6.07) is 4.23. The van der Waals surface area contributed by atoms with Crippen LogP contribution in [0.4, 0.5) is 5.69 Å². The number of hydrogen-bond donors (Lipinski definition) is 2. The van der Waals surface area contributed by atoms with Crippen molar-refractivity contribution < 1.29 is 24.2 Å². The molecule has 7 nitrogen and oxygen atoms in total. The van der Waals surface area contributed by atoms with Gasteiger partial charge >= 0.3 is 5.97 Å². The number of aliphatic carboxylic acids is 1. The minimum Gasteiger partial charge on any atom is -0.495 e. The molecule has 0 saturated carbocycles. The van der Waals surface area contributed by atoms with E-state index in [2.05, 4.69) is 5.32 Å². The Hall–Kier alpha value is -1.99. The van der Waals surface area contributed by atoms with E-state index in [0.29, 0.717) is 29.6 Å². The first kappa shape index (κ1) is 17.4. The smallest absolute Gasteiger partial charge is 0.328 e. The lowest BCUT2D eigenvalue weighted by molar-refractivity contribution is -0.158. The van der Waals surface area contributed by atoms with Gasteiger partial charge in [0, 0.05) is 24.5 Å². The number of amides is 1. The summed E-state index contributed by atoms with van der Waals surface area (Å²) in [5.41, 5.74) is 0.685. The predicted molar refractivity (Wildman–Crippen MR) is 85.1 cm³/mol. The van der Waals surface area contributed by atoms with Gasteiger partial charge in [0.25, 0.3) is 0 Å². The molecule has 1 amide bonds. The largest absolute Gasteiger partial charge is 0.495 e. The zero-order chi connectivity index (χ0) is 16.8. The maximum Gasteiger partial charge on any atom is 0.328 e. The normalized spacial score (nSPS) is 17.7. The van der Waals surface area contributed by atoms with Crippen LogP contribution in [-0.2, 0) is 14.3 Å². The highest BCUT2D eigenvalue weighted by Crippen LogP contribution is 2.27. The number of anilines is 1. The van der Waals surface area contributed by atoms with Crippen LogP contribution in [0.2, 0.25) is 5.02 Å². The number of hydrogen-bond acceptors (Lipinski definition) is 5. The third kappa shape index (κ3) is 4.49. The molecule has 1 fully saturated rings. The van der Waals surface area contributed by atoms with Crippen molar-refractivity contribution in [2.24, 2.45) is 0 Å². The topological polar surface area (TPSA) is 88.1 Å². The molecule has 1 aliphatic heterocycles. The van der Waals surface area contributed by atoms with Gasteiger partial charge in [0.05, 0.1) is 26.0 Å². The monoisotopic (exact) mass is 342 g/mol. The fourth-order valence-corrected chi connectivity index (χ4v) is 2.54. The maximum atomic E-state index is 12.2. The molecule has 0 spiro atoms. The molecule has 1 aromatic carbocycles. The standard InChI is InChI=1S/C15H19ClN2O5/c1-22-13-3-2-10(16)8-11(13)17-5-4-14(19)18-6-7-23-9-12(18)15(20)21/h2-3,8,12,17H,4-7,9H2,1H3,(H,20,21). The Bertz CT molecular complexity index is 581. The van der Waals surface area contributed by atoms with Gasteiger partial charge in [-0.05, 0) is 18.2 Å². The first-order valence-electron chi connectivity index (χ1n) is 7.20. The molecular formula is C15H19ClN2O5. The predicted octanol–water partition coefficient (Wildman–Crippen LogP) is 1.46. The van der Waals surface area contributed by atoms with Gasteiger partial charge in [-0.25, -0.2) is 4.79 Å². The van der Waals surface area contributed by atoms with Crippen molar-refractivity contribution in [3.63, 3.8) is 0 Å². The van der Waals surface area contributed by atoms with Crippen molar-refractivity contribution in [3.8, 4) is 5.75 Å². The fourth-order valence-electron chi connectivity index (χ4n) is 2.37. The summed E-state index contributed by atoms with van der Waals surface area (Å²) in [6.45, 7) is 1.01. The van der Waals surface area contributed by atoms with Crippen molar-refractivity contribution in [2.45, 2.75) is 12.5 Å². The van der Waals surface area contributed by atoms with Gasteiger partial charge in [-0.1, -0.05) is 11.6 Å². The molecule has 0 aromatic heterocycles.